The minimum absolute atomic E-state index is 0.00334. The quantitative estimate of drug-likeness (QED) is 0.845. The molecule has 0 saturated carbocycles. The largest absolute Gasteiger partial charge is 0.382 e. The molecule has 1 rings (SSSR count). The van der Waals surface area contributed by atoms with Crippen molar-refractivity contribution in [1.82, 2.24) is 0 Å². The van der Waals surface area contributed by atoms with Crippen LogP contribution in [0.1, 0.15) is 0 Å². The van der Waals surface area contributed by atoms with Crippen molar-refractivity contribution in [3.63, 3.8) is 0 Å². The Labute approximate surface area is 98.1 Å². The first kappa shape index (κ1) is 12.6. The molecule has 0 amide bonds. The first-order chi connectivity index (χ1) is 6.93. The molecule has 1 aromatic carbocycles. The van der Waals surface area contributed by atoms with Crippen molar-refractivity contribution in [3.8, 4) is 5.75 Å². The first-order valence-corrected chi connectivity index (χ1v) is 6.34. The second kappa shape index (κ2) is 5.03. The van der Waals surface area contributed by atoms with Crippen LogP contribution in [0.15, 0.2) is 18.2 Å². The summed E-state index contributed by atoms with van der Waals surface area (Å²) in [5, 5.41) is 0.612. The van der Waals surface area contributed by atoms with Crippen molar-refractivity contribution < 1.29 is 12.6 Å². The van der Waals surface area contributed by atoms with E-state index in [0.717, 1.165) is 0 Å². The normalized spacial score (nSPS) is 11.4. The van der Waals surface area contributed by atoms with E-state index < -0.39 is 10.1 Å². The molecular formula is C8H9Cl2NO3S. The zero-order valence-corrected chi connectivity index (χ0v) is 9.94. The first-order valence-electron chi connectivity index (χ1n) is 4.01. The summed E-state index contributed by atoms with van der Waals surface area (Å²) in [6.07, 6.45) is 0. The van der Waals surface area contributed by atoms with Crippen LogP contribution in [0.25, 0.3) is 0 Å². The van der Waals surface area contributed by atoms with E-state index in [1.165, 1.54) is 18.2 Å². The van der Waals surface area contributed by atoms with Gasteiger partial charge in [-0.3, -0.25) is 0 Å². The molecule has 0 radical (unpaired) electrons. The van der Waals surface area contributed by atoms with E-state index in [0.29, 0.717) is 10.0 Å². The summed E-state index contributed by atoms with van der Waals surface area (Å²) in [5.74, 6) is -0.169. The lowest BCUT2D eigenvalue weighted by atomic mass is 10.3. The van der Waals surface area contributed by atoms with Gasteiger partial charge in [0.05, 0.1) is 5.75 Å². The van der Waals surface area contributed by atoms with Crippen molar-refractivity contribution in [1.29, 1.82) is 0 Å². The molecule has 84 valence electrons. The molecular weight excluding hydrogens is 261 g/mol. The predicted molar refractivity (Wildman–Crippen MR) is 59.9 cm³/mol. The Hall–Kier alpha value is -0.490. The number of hydrogen-bond donors (Lipinski definition) is 1. The monoisotopic (exact) mass is 269 g/mol. The second-order valence-corrected chi connectivity index (χ2v) is 5.30. The van der Waals surface area contributed by atoms with Gasteiger partial charge in [-0.2, -0.15) is 8.42 Å². The number of halogens is 2. The molecule has 0 aliphatic carbocycles. The minimum atomic E-state index is -3.66. The minimum Gasteiger partial charge on any atom is -0.382 e. The fraction of sp³-hybridized carbons (Fsp3) is 0.250. The van der Waals surface area contributed by atoms with E-state index in [2.05, 4.69) is 0 Å². The summed E-state index contributed by atoms with van der Waals surface area (Å²) < 4.78 is 27.2. The molecule has 0 aliphatic heterocycles. The van der Waals surface area contributed by atoms with Gasteiger partial charge < -0.3 is 9.92 Å². The van der Waals surface area contributed by atoms with E-state index in [4.69, 9.17) is 33.1 Å². The van der Waals surface area contributed by atoms with Crippen LogP contribution in [-0.2, 0) is 10.1 Å². The molecule has 0 bridgehead atoms. The molecule has 0 heterocycles. The lowest BCUT2D eigenvalue weighted by Crippen LogP contribution is -2.20. The van der Waals surface area contributed by atoms with Gasteiger partial charge in [-0.15, -0.1) is 0 Å². The van der Waals surface area contributed by atoms with E-state index in [9.17, 15) is 8.42 Å². The zero-order chi connectivity index (χ0) is 11.5. The van der Waals surface area contributed by atoms with Gasteiger partial charge in [0.15, 0.2) is 0 Å². The van der Waals surface area contributed by atoms with Gasteiger partial charge in [0, 0.05) is 28.7 Å². The Morgan fingerprint density at radius 3 is 2.20 bits per heavy atom. The summed E-state index contributed by atoms with van der Waals surface area (Å²) in [5.41, 5.74) is 5.12. The third kappa shape index (κ3) is 4.25. The van der Waals surface area contributed by atoms with Crippen LogP contribution in [0.2, 0.25) is 10.0 Å². The van der Waals surface area contributed by atoms with Crippen molar-refractivity contribution in [3.05, 3.63) is 28.2 Å². The van der Waals surface area contributed by atoms with Gasteiger partial charge in [0.25, 0.3) is 0 Å². The summed E-state index contributed by atoms with van der Waals surface area (Å²) >= 11 is 11.3. The highest BCUT2D eigenvalue weighted by Gasteiger charge is 2.12. The topological polar surface area (TPSA) is 69.4 Å². The van der Waals surface area contributed by atoms with Crippen molar-refractivity contribution in [2.45, 2.75) is 0 Å². The molecule has 0 spiro atoms. The zero-order valence-electron chi connectivity index (χ0n) is 7.61. The van der Waals surface area contributed by atoms with Crippen LogP contribution in [0.4, 0.5) is 0 Å². The molecule has 0 aromatic heterocycles. The van der Waals surface area contributed by atoms with Gasteiger partial charge >= 0.3 is 10.1 Å². The van der Waals surface area contributed by atoms with E-state index in [1.807, 2.05) is 0 Å². The third-order valence-electron chi connectivity index (χ3n) is 1.43. The summed E-state index contributed by atoms with van der Waals surface area (Å²) in [6.45, 7) is -0.00334. The molecule has 15 heavy (non-hydrogen) atoms. The molecule has 0 saturated heterocycles. The van der Waals surface area contributed by atoms with E-state index in [1.54, 1.807) is 0 Å². The van der Waals surface area contributed by atoms with Crippen LogP contribution >= 0.6 is 23.2 Å². The van der Waals surface area contributed by atoms with Gasteiger partial charge in [-0.05, 0) is 6.07 Å². The van der Waals surface area contributed by atoms with Gasteiger partial charge in [0.2, 0.25) is 0 Å². The Balaban J connectivity index is 2.90. The molecule has 0 fully saturated rings. The van der Waals surface area contributed by atoms with Gasteiger partial charge in [-0.25, -0.2) is 0 Å². The highest BCUT2D eigenvalue weighted by Crippen LogP contribution is 2.25. The molecule has 2 N–H and O–H groups in total. The predicted octanol–water partition coefficient (Wildman–Crippen LogP) is 1.66. The Morgan fingerprint density at radius 1 is 1.20 bits per heavy atom. The van der Waals surface area contributed by atoms with Crippen molar-refractivity contribution in [2.24, 2.45) is 5.73 Å². The number of nitrogens with two attached hydrogens (primary N) is 1. The molecule has 4 nitrogen and oxygen atoms in total. The third-order valence-corrected chi connectivity index (χ3v) is 3.05. The Bertz CT molecular complexity index is 427. The van der Waals surface area contributed by atoms with Crippen LogP contribution in [-0.4, -0.2) is 20.7 Å². The maximum atomic E-state index is 11.2. The number of hydrogen-bond acceptors (Lipinski definition) is 4. The summed E-state index contributed by atoms with van der Waals surface area (Å²) in [6, 6.07) is 4.20. The summed E-state index contributed by atoms with van der Waals surface area (Å²) in [7, 11) is -3.66. The van der Waals surface area contributed by atoms with Crippen molar-refractivity contribution >= 4 is 33.3 Å². The maximum Gasteiger partial charge on any atom is 0.310 e. The van der Waals surface area contributed by atoms with Crippen LogP contribution in [0.5, 0.6) is 5.75 Å². The Morgan fingerprint density at radius 2 is 1.73 bits per heavy atom. The molecule has 0 unspecified atom stereocenters. The van der Waals surface area contributed by atoms with Gasteiger partial charge in [0.1, 0.15) is 5.75 Å². The lowest BCUT2D eigenvalue weighted by molar-refractivity contribution is 0.486. The Kier molecular flexibility index (Phi) is 4.21. The average Bonchev–Trinajstić information content (AvgIpc) is 1.99. The summed E-state index contributed by atoms with van der Waals surface area (Å²) in [4.78, 5) is 0. The van der Waals surface area contributed by atoms with E-state index >= 15 is 0 Å². The molecule has 0 atom stereocenters. The van der Waals surface area contributed by atoms with Crippen LogP contribution in [0.3, 0.4) is 0 Å². The highest BCUT2D eigenvalue weighted by molar-refractivity contribution is 7.87. The second-order valence-electron chi connectivity index (χ2n) is 2.74. The lowest BCUT2D eigenvalue weighted by Gasteiger charge is -2.06. The van der Waals surface area contributed by atoms with Crippen LogP contribution in [0, 0.1) is 0 Å². The molecule has 0 aliphatic rings. The number of benzene rings is 1. The highest BCUT2D eigenvalue weighted by atomic mass is 35.5. The SMILES string of the molecule is NCCS(=O)(=O)Oc1cc(Cl)cc(Cl)c1. The molecule has 1 aromatic rings. The van der Waals surface area contributed by atoms with Crippen molar-refractivity contribution in [2.75, 3.05) is 12.3 Å². The fourth-order valence-corrected chi connectivity index (χ4v) is 2.18. The molecule has 7 heteroatoms. The van der Waals surface area contributed by atoms with E-state index in [-0.39, 0.29) is 18.0 Å². The standard InChI is InChI=1S/C8H9Cl2NO3S/c9-6-3-7(10)5-8(4-6)14-15(12,13)2-1-11/h3-5H,1-2,11H2. The smallest absolute Gasteiger partial charge is 0.310 e. The number of rotatable bonds is 4. The maximum absolute atomic E-state index is 11.2. The fourth-order valence-electron chi connectivity index (χ4n) is 0.909. The van der Waals surface area contributed by atoms with Crippen LogP contribution < -0.4 is 9.92 Å². The van der Waals surface area contributed by atoms with Gasteiger partial charge in [-0.1, -0.05) is 23.2 Å². The average molecular weight is 270 g/mol.